The molecule has 1 aliphatic carbocycles. The molecule has 0 spiro atoms. The molecule has 1 saturated carbocycles. The van der Waals surface area contributed by atoms with Crippen molar-refractivity contribution in [1.82, 2.24) is 10.0 Å². The van der Waals surface area contributed by atoms with E-state index in [4.69, 9.17) is 0 Å². The van der Waals surface area contributed by atoms with Crippen LogP contribution in [0.25, 0.3) is 0 Å². The van der Waals surface area contributed by atoms with Crippen LogP contribution in [0.4, 0.5) is 0 Å². The Morgan fingerprint density at radius 3 is 2.60 bits per heavy atom. The van der Waals surface area contributed by atoms with Crippen molar-refractivity contribution in [1.29, 1.82) is 0 Å². The first-order valence-electron chi connectivity index (χ1n) is 7.17. The third-order valence-electron chi connectivity index (χ3n) is 4.04. The van der Waals surface area contributed by atoms with Crippen LogP contribution in [0.1, 0.15) is 37.8 Å². The molecule has 0 saturated heterocycles. The third kappa shape index (κ3) is 3.59. The first-order valence-corrected chi connectivity index (χ1v) is 8.65. The maximum absolute atomic E-state index is 12.4. The van der Waals surface area contributed by atoms with Gasteiger partial charge in [-0.3, -0.25) is 0 Å². The summed E-state index contributed by atoms with van der Waals surface area (Å²) in [6, 6.07) is 5.47. The Morgan fingerprint density at radius 1 is 1.30 bits per heavy atom. The van der Waals surface area contributed by atoms with E-state index in [1.54, 1.807) is 6.07 Å². The van der Waals surface area contributed by atoms with Crippen LogP contribution >= 0.6 is 0 Å². The van der Waals surface area contributed by atoms with Gasteiger partial charge in [0.2, 0.25) is 10.0 Å². The molecule has 2 rings (SSSR count). The van der Waals surface area contributed by atoms with Crippen molar-refractivity contribution < 1.29 is 8.42 Å². The monoisotopic (exact) mass is 296 g/mol. The molecule has 0 atom stereocenters. The minimum absolute atomic E-state index is 0.169. The molecule has 0 heterocycles. The Hall–Kier alpha value is -0.910. The van der Waals surface area contributed by atoms with Crippen LogP contribution in [0, 0.1) is 12.3 Å². The number of rotatable bonds is 7. The van der Waals surface area contributed by atoms with Crippen molar-refractivity contribution in [2.24, 2.45) is 5.41 Å². The number of hydrogen-bond acceptors (Lipinski definition) is 3. The molecule has 0 unspecified atom stereocenters. The Labute approximate surface area is 122 Å². The van der Waals surface area contributed by atoms with E-state index in [2.05, 4.69) is 17.0 Å². The summed E-state index contributed by atoms with van der Waals surface area (Å²) in [7, 11) is -3.41. The molecule has 1 aromatic carbocycles. The van der Waals surface area contributed by atoms with Gasteiger partial charge in [0.05, 0.1) is 4.90 Å². The second-order valence-corrected chi connectivity index (χ2v) is 7.69. The first kappa shape index (κ1) is 15.5. The summed E-state index contributed by atoms with van der Waals surface area (Å²) in [5, 5.41) is 3.24. The molecule has 2 N–H and O–H groups in total. The smallest absolute Gasteiger partial charge is 0.240 e. The van der Waals surface area contributed by atoms with E-state index in [0.29, 0.717) is 18.0 Å². The average molecular weight is 296 g/mol. The quantitative estimate of drug-likeness (QED) is 0.811. The van der Waals surface area contributed by atoms with Crippen molar-refractivity contribution in [2.45, 2.75) is 45.1 Å². The van der Waals surface area contributed by atoms with Crippen LogP contribution in [0.3, 0.4) is 0 Å². The minimum Gasteiger partial charge on any atom is -0.313 e. The lowest BCUT2D eigenvalue weighted by Gasteiger charge is -2.15. The summed E-state index contributed by atoms with van der Waals surface area (Å²) in [5.41, 5.74) is 2.04. The van der Waals surface area contributed by atoms with Gasteiger partial charge >= 0.3 is 0 Å². The largest absolute Gasteiger partial charge is 0.313 e. The summed E-state index contributed by atoms with van der Waals surface area (Å²) in [6.07, 6.45) is 2.21. The molecule has 5 heteroatoms. The van der Waals surface area contributed by atoms with Crippen molar-refractivity contribution in [2.75, 3.05) is 13.1 Å². The van der Waals surface area contributed by atoms with E-state index >= 15 is 0 Å². The Kier molecular flexibility index (Phi) is 4.52. The maximum atomic E-state index is 12.4. The summed E-state index contributed by atoms with van der Waals surface area (Å²) >= 11 is 0. The zero-order valence-electron chi connectivity index (χ0n) is 12.5. The van der Waals surface area contributed by atoms with Gasteiger partial charge in [-0.15, -0.1) is 0 Å². The van der Waals surface area contributed by atoms with Crippen LogP contribution in [-0.2, 0) is 16.6 Å². The average Bonchev–Trinajstić information content (AvgIpc) is 3.14. The van der Waals surface area contributed by atoms with Gasteiger partial charge in [0.25, 0.3) is 0 Å². The van der Waals surface area contributed by atoms with Crippen molar-refractivity contribution in [3.05, 3.63) is 29.3 Å². The highest BCUT2D eigenvalue weighted by atomic mass is 32.2. The van der Waals surface area contributed by atoms with Crippen molar-refractivity contribution in [3.8, 4) is 0 Å². The van der Waals surface area contributed by atoms with Crippen molar-refractivity contribution in [3.63, 3.8) is 0 Å². The van der Waals surface area contributed by atoms with Crippen LogP contribution in [0.15, 0.2) is 23.1 Å². The highest BCUT2D eigenvalue weighted by molar-refractivity contribution is 7.89. The fraction of sp³-hybridized carbons (Fsp3) is 0.600. The molecule has 1 fully saturated rings. The van der Waals surface area contributed by atoms with E-state index < -0.39 is 10.0 Å². The SMILES string of the molecule is CCNCc1cccc(S(=O)(=O)NCC2(C)CC2)c1C. The zero-order chi connectivity index (χ0) is 14.8. The molecule has 1 aromatic rings. The number of nitrogens with one attached hydrogen (secondary N) is 2. The van der Waals surface area contributed by atoms with Crippen LogP contribution in [0.5, 0.6) is 0 Å². The fourth-order valence-electron chi connectivity index (χ4n) is 2.14. The molecular formula is C15H24N2O2S. The normalized spacial score (nSPS) is 17.1. The Balaban J connectivity index is 2.17. The van der Waals surface area contributed by atoms with Crippen molar-refractivity contribution >= 4 is 10.0 Å². The number of sulfonamides is 1. The Morgan fingerprint density at radius 2 is 2.00 bits per heavy atom. The molecule has 0 radical (unpaired) electrons. The van der Waals surface area contributed by atoms with E-state index in [1.165, 1.54) is 0 Å². The van der Waals surface area contributed by atoms with Gasteiger partial charge in [-0.2, -0.15) is 0 Å². The van der Waals surface area contributed by atoms with Gasteiger partial charge in [0.1, 0.15) is 0 Å². The first-order chi connectivity index (χ1) is 9.38. The maximum Gasteiger partial charge on any atom is 0.240 e. The standard InChI is InChI=1S/C15H24N2O2S/c1-4-16-10-13-6-5-7-14(12(13)2)20(18,19)17-11-15(3)8-9-15/h5-7,16-17H,4,8-11H2,1-3H3. The predicted octanol–water partition coefficient (Wildman–Crippen LogP) is 2.18. The lowest BCUT2D eigenvalue weighted by molar-refractivity contribution is 0.530. The second-order valence-electron chi connectivity index (χ2n) is 5.96. The van der Waals surface area contributed by atoms with E-state index in [1.807, 2.05) is 26.0 Å². The second kappa shape index (κ2) is 5.84. The Bertz CT molecular complexity index is 578. The highest BCUT2D eigenvalue weighted by Gasteiger charge is 2.38. The summed E-state index contributed by atoms with van der Waals surface area (Å²) in [6.45, 7) is 8.13. The molecule has 0 aliphatic heterocycles. The topological polar surface area (TPSA) is 58.2 Å². The van der Waals surface area contributed by atoms with E-state index in [-0.39, 0.29) is 5.41 Å². The lowest BCUT2D eigenvalue weighted by atomic mass is 10.1. The summed E-state index contributed by atoms with van der Waals surface area (Å²) in [4.78, 5) is 0.400. The summed E-state index contributed by atoms with van der Waals surface area (Å²) < 4.78 is 27.6. The van der Waals surface area contributed by atoms with Gasteiger partial charge in [-0.05, 0) is 48.9 Å². The lowest BCUT2D eigenvalue weighted by Crippen LogP contribution is -2.30. The van der Waals surface area contributed by atoms with Crippen LogP contribution < -0.4 is 10.0 Å². The van der Waals surface area contributed by atoms with E-state index in [9.17, 15) is 8.42 Å². The molecule has 0 bridgehead atoms. The molecule has 0 aromatic heterocycles. The minimum atomic E-state index is -3.41. The van der Waals surface area contributed by atoms with Gasteiger partial charge < -0.3 is 5.32 Å². The van der Waals surface area contributed by atoms with Gasteiger partial charge in [-0.1, -0.05) is 26.0 Å². The molecular weight excluding hydrogens is 272 g/mol. The van der Waals surface area contributed by atoms with E-state index in [0.717, 1.165) is 30.5 Å². The highest BCUT2D eigenvalue weighted by Crippen LogP contribution is 2.44. The van der Waals surface area contributed by atoms with Crippen LogP contribution in [0.2, 0.25) is 0 Å². The molecule has 20 heavy (non-hydrogen) atoms. The number of hydrogen-bond donors (Lipinski definition) is 2. The number of benzene rings is 1. The molecule has 0 amide bonds. The third-order valence-corrected chi connectivity index (χ3v) is 5.59. The predicted molar refractivity (Wildman–Crippen MR) is 81.1 cm³/mol. The van der Waals surface area contributed by atoms with Crippen LogP contribution in [-0.4, -0.2) is 21.5 Å². The van der Waals surface area contributed by atoms with Gasteiger partial charge in [0.15, 0.2) is 0 Å². The molecule has 4 nitrogen and oxygen atoms in total. The molecule has 1 aliphatic rings. The van der Waals surface area contributed by atoms with Gasteiger partial charge in [0, 0.05) is 13.1 Å². The van der Waals surface area contributed by atoms with Gasteiger partial charge in [-0.25, -0.2) is 13.1 Å². The summed E-state index contributed by atoms with van der Waals surface area (Å²) in [5.74, 6) is 0. The fourth-order valence-corrected chi connectivity index (χ4v) is 3.63. The zero-order valence-corrected chi connectivity index (χ0v) is 13.3. The molecule has 112 valence electrons.